The zero-order valence-corrected chi connectivity index (χ0v) is 14.1. The molecular formula is C19H18N2O5. The number of ether oxygens (including phenoxy) is 1. The minimum absolute atomic E-state index is 0.0646. The van der Waals surface area contributed by atoms with Gasteiger partial charge in [-0.25, -0.2) is 0 Å². The number of carbonyl (C=O) groups is 3. The lowest BCUT2D eigenvalue weighted by Crippen LogP contribution is -2.37. The van der Waals surface area contributed by atoms with Crippen molar-refractivity contribution in [3.05, 3.63) is 71.4 Å². The summed E-state index contributed by atoms with van der Waals surface area (Å²) >= 11 is 0. The highest BCUT2D eigenvalue weighted by Crippen LogP contribution is 2.14. The van der Waals surface area contributed by atoms with Crippen molar-refractivity contribution in [3.63, 3.8) is 0 Å². The van der Waals surface area contributed by atoms with Crippen molar-refractivity contribution in [2.75, 3.05) is 13.7 Å². The van der Waals surface area contributed by atoms with Crippen LogP contribution in [0.1, 0.15) is 15.9 Å². The van der Waals surface area contributed by atoms with Gasteiger partial charge < -0.3 is 20.5 Å². The molecule has 0 spiro atoms. The summed E-state index contributed by atoms with van der Waals surface area (Å²) in [6, 6.07) is 15.2. The van der Waals surface area contributed by atoms with Crippen molar-refractivity contribution in [1.82, 2.24) is 10.6 Å². The minimum atomic E-state index is -1.18. The van der Waals surface area contributed by atoms with E-state index < -0.39 is 24.3 Å². The van der Waals surface area contributed by atoms with Crippen LogP contribution in [0.25, 0.3) is 6.08 Å². The van der Waals surface area contributed by atoms with Gasteiger partial charge in [0.05, 0.1) is 7.11 Å². The van der Waals surface area contributed by atoms with Gasteiger partial charge in [-0.15, -0.1) is 0 Å². The molecule has 0 aliphatic heterocycles. The van der Waals surface area contributed by atoms with Crippen molar-refractivity contribution in [1.29, 1.82) is 0 Å². The number of carboxylic acid groups (broad SMARTS) is 1. The van der Waals surface area contributed by atoms with E-state index in [9.17, 15) is 14.4 Å². The summed E-state index contributed by atoms with van der Waals surface area (Å²) in [6.45, 7) is -0.556. The van der Waals surface area contributed by atoms with E-state index in [1.54, 1.807) is 54.6 Å². The van der Waals surface area contributed by atoms with Gasteiger partial charge in [-0.05, 0) is 35.9 Å². The Hall–Kier alpha value is -3.61. The van der Waals surface area contributed by atoms with Crippen LogP contribution in [0.3, 0.4) is 0 Å². The average Bonchev–Trinajstić information content (AvgIpc) is 2.66. The molecule has 2 rings (SSSR count). The summed E-state index contributed by atoms with van der Waals surface area (Å²) in [5.74, 6) is -1.72. The Balaban J connectivity index is 2.25. The molecule has 0 radical (unpaired) electrons. The molecule has 7 nitrogen and oxygen atoms in total. The number of hydrogen-bond acceptors (Lipinski definition) is 4. The SMILES string of the molecule is COc1ccc(/C=C(/NC(=O)c2ccccc2)C(=O)NCC(=O)O)cc1. The van der Waals surface area contributed by atoms with Crippen LogP contribution in [-0.2, 0) is 9.59 Å². The number of methoxy groups -OCH3 is 1. The summed E-state index contributed by atoms with van der Waals surface area (Å²) in [6.07, 6.45) is 1.46. The molecule has 0 aliphatic rings. The molecule has 3 N–H and O–H groups in total. The lowest BCUT2D eigenvalue weighted by atomic mass is 10.1. The molecule has 0 saturated heterocycles. The summed E-state index contributed by atoms with van der Waals surface area (Å²) < 4.78 is 5.07. The Labute approximate surface area is 150 Å². The third-order valence-corrected chi connectivity index (χ3v) is 3.36. The number of nitrogens with one attached hydrogen (secondary N) is 2. The summed E-state index contributed by atoms with van der Waals surface area (Å²) in [4.78, 5) is 35.2. The van der Waals surface area contributed by atoms with E-state index in [0.717, 1.165) is 0 Å². The van der Waals surface area contributed by atoms with Crippen LogP contribution in [-0.4, -0.2) is 36.5 Å². The standard InChI is InChI=1S/C19H18N2O5/c1-26-15-9-7-13(8-10-15)11-16(19(25)20-12-17(22)23)21-18(24)14-5-3-2-4-6-14/h2-11H,12H2,1H3,(H,20,25)(H,21,24)(H,22,23)/b16-11+. The summed E-state index contributed by atoms with van der Waals surface area (Å²) in [5.41, 5.74) is 0.948. The van der Waals surface area contributed by atoms with Gasteiger partial charge in [0.15, 0.2) is 0 Å². The molecule has 0 aliphatic carbocycles. The second-order valence-corrected chi connectivity index (χ2v) is 5.23. The van der Waals surface area contributed by atoms with Gasteiger partial charge in [-0.2, -0.15) is 0 Å². The zero-order chi connectivity index (χ0) is 18.9. The van der Waals surface area contributed by atoms with Crippen LogP contribution in [0.5, 0.6) is 5.75 Å². The highest BCUT2D eigenvalue weighted by atomic mass is 16.5. The molecule has 0 bridgehead atoms. The van der Waals surface area contributed by atoms with Crippen molar-refractivity contribution in [2.24, 2.45) is 0 Å². The monoisotopic (exact) mass is 354 g/mol. The molecule has 134 valence electrons. The highest BCUT2D eigenvalue weighted by Gasteiger charge is 2.15. The predicted molar refractivity (Wildman–Crippen MR) is 95.5 cm³/mol. The number of aliphatic carboxylic acids is 1. The van der Waals surface area contributed by atoms with E-state index in [1.165, 1.54) is 13.2 Å². The van der Waals surface area contributed by atoms with E-state index in [2.05, 4.69) is 10.6 Å². The first-order chi connectivity index (χ1) is 12.5. The first-order valence-electron chi connectivity index (χ1n) is 7.71. The van der Waals surface area contributed by atoms with Crippen molar-refractivity contribution < 1.29 is 24.2 Å². The molecule has 0 fully saturated rings. The Bertz CT molecular complexity index is 814. The van der Waals surface area contributed by atoms with Crippen LogP contribution in [0.2, 0.25) is 0 Å². The van der Waals surface area contributed by atoms with E-state index in [4.69, 9.17) is 9.84 Å². The smallest absolute Gasteiger partial charge is 0.322 e. The van der Waals surface area contributed by atoms with Gasteiger partial charge >= 0.3 is 5.97 Å². The Kier molecular flexibility index (Phi) is 6.50. The van der Waals surface area contributed by atoms with Crippen LogP contribution < -0.4 is 15.4 Å². The van der Waals surface area contributed by atoms with Gasteiger partial charge in [-0.1, -0.05) is 30.3 Å². The predicted octanol–water partition coefficient (Wildman–Crippen LogP) is 1.67. The molecule has 2 aromatic rings. The van der Waals surface area contributed by atoms with Crippen LogP contribution in [0.4, 0.5) is 0 Å². The van der Waals surface area contributed by atoms with E-state index in [0.29, 0.717) is 16.9 Å². The fourth-order valence-electron chi connectivity index (χ4n) is 2.06. The zero-order valence-electron chi connectivity index (χ0n) is 14.1. The number of hydrogen-bond donors (Lipinski definition) is 3. The third-order valence-electron chi connectivity index (χ3n) is 3.36. The van der Waals surface area contributed by atoms with Crippen LogP contribution in [0, 0.1) is 0 Å². The lowest BCUT2D eigenvalue weighted by molar-refractivity contribution is -0.137. The lowest BCUT2D eigenvalue weighted by Gasteiger charge is -2.10. The summed E-state index contributed by atoms with van der Waals surface area (Å²) in [5, 5.41) is 13.5. The van der Waals surface area contributed by atoms with E-state index in [-0.39, 0.29) is 5.70 Å². The molecule has 0 unspecified atom stereocenters. The van der Waals surface area contributed by atoms with Crippen LogP contribution in [0.15, 0.2) is 60.3 Å². The van der Waals surface area contributed by atoms with E-state index >= 15 is 0 Å². The molecule has 0 atom stereocenters. The number of rotatable bonds is 7. The van der Waals surface area contributed by atoms with Crippen molar-refractivity contribution >= 4 is 23.9 Å². The Morgan fingerprint density at radius 1 is 1.04 bits per heavy atom. The normalized spacial score (nSPS) is 10.7. The molecule has 0 aromatic heterocycles. The number of carbonyl (C=O) groups excluding carboxylic acids is 2. The molecule has 2 amide bonds. The largest absolute Gasteiger partial charge is 0.497 e. The molecular weight excluding hydrogens is 336 g/mol. The van der Waals surface area contributed by atoms with E-state index in [1.807, 2.05) is 0 Å². The third kappa shape index (κ3) is 5.48. The maximum absolute atomic E-state index is 12.3. The fraction of sp³-hybridized carbons (Fsp3) is 0.105. The molecule has 2 aromatic carbocycles. The second kappa shape index (κ2) is 9.03. The van der Waals surface area contributed by atoms with Gasteiger partial charge in [-0.3, -0.25) is 14.4 Å². The highest BCUT2D eigenvalue weighted by molar-refractivity contribution is 6.05. The molecule has 0 heterocycles. The van der Waals surface area contributed by atoms with Gasteiger partial charge in [0.2, 0.25) is 0 Å². The fourth-order valence-corrected chi connectivity index (χ4v) is 2.06. The molecule has 26 heavy (non-hydrogen) atoms. The van der Waals surface area contributed by atoms with Crippen LogP contribution >= 0.6 is 0 Å². The maximum atomic E-state index is 12.3. The summed E-state index contributed by atoms with van der Waals surface area (Å²) in [7, 11) is 1.54. The molecule has 7 heteroatoms. The second-order valence-electron chi connectivity index (χ2n) is 5.23. The number of amides is 2. The average molecular weight is 354 g/mol. The van der Waals surface area contributed by atoms with Gasteiger partial charge in [0, 0.05) is 5.56 Å². The van der Waals surface area contributed by atoms with Crippen molar-refractivity contribution in [3.8, 4) is 5.75 Å². The minimum Gasteiger partial charge on any atom is -0.497 e. The van der Waals surface area contributed by atoms with Gasteiger partial charge in [0.25, 0.3) is 11.8 Å². The van der Waals surface area contributed by atoms with Crippen molar-refractivity contribution in [2.45, 2.75) is 0 Å². The Morgan fingerprint density at radius 3 is 2.27 bits per heavy atom. The Morgan fingerprint density at radius 2 is 1.69 bits per heavy atom. The number of benzene rings is 2. The number of carboxylic acids is 1. The van der Waals surface area contributed by atoms with Gasteiger partial charge in [0.1, 0.15) is 18.0 Å². The quantitative estimate of drug-likeness (QED) is 0.656. The topological polar surface area (TPSA) is 105 Å². The maximum Gasteiger partial charge on any atom is 0.322 e. The first kappa shape index (κ1) is 18.7. The molecule has 0 saturated carbocycles. The first-order valence-corrected chi connectivity index (χ1v) is 7.71.